The number of carbonyl (C=O) groups is 1. The second kappa shape index (κ2) is 4.70. The van der Waals surface area contributed by atoms with E-state index in [1.807, 2.05) is 0 Å². The Hall–Kier alpha value is -1.69. The van der Waals surface area contributed by atoms with Crippen molar-refractivity contribution in [1.29, 1.82) is 0 Å². The molecule has 3 rings (SSSR count). The highest BCUT2D eigenvalue weighted by molar-refractivity contribution is 5.95. The van der Waals surface area contributed by atoms with Crippen LogP contribution in [0.15, 0.2) is 24.3 Å². The molecule has 0 atom stereocenters. The molecular weight excluding hydrogens is 266 g/mol. The summed E-state index contributed by atoms with van der Waals surface area (Å²) in [6, 6.07) is 5.86. The fourth-order valence-corrected chi connectivity index (χ4v) is 2.71. The lowest BCUT2D eigenvalue weighted by molar-refractivity contribution is -0.0499. The highest BCUT2D eigenvalue weighted by Crippen LogP contribution is 2.43. The summed E-state index contributed by atoms with van der Waals surface area (Å²) in [7, 11) is 0. The molecule has 2 fully saturated rings. The Morgan fingerprint density at radius 2 is 2.10 bits per heavy atom. The summed E-state index contributed by atoms with van der Waals surface area (Å²) >= 11 is 0. The van der Waals surface area contributed by atoms with Gasteiger partial charge in [-0.2, -0.15) is 8.78 Å². The van der Waals surface area contributed by atoms with Crippen LogP contribution in [-0.4, -0.2) is 36.0 Å². The zero-order valence-electron chi connectivity index (χ0n) is 10.9. The van der Waals surface area contributed by atoms with E-state index in [1.54, 1.807) is 11.0 Å². The van der Waals surface area contributed by atoms with Gasteiger partial charge in [0.25, 0.3) is 5.91 Å². The summed E-state index contributed by atoms with van der Waals surface area (Å²) in [6.07, 6.45) is 2.27. The Morgan fingerprint density at radius 3 is 2.70 bits per heavy atom. The average molecular weight is 282 g/mol. The number of rotatable bonds is 4. The maximum atomic E-state index is 12.2. The van der Waals surface area contributed by atoms with Gasteiger partial charge in [-0.1, -0.05) is 6.07 Å². The molecule has 4 nitrogen and oxygen atoms in total. The molecular formula is C14H16F2N2O2. The number of carbonyl (C=O) groups excluding carboxylic acids is 1. The zero-order valence-corrected chi connectivity index (χ0v) is 10.9. The Kier molecular flexibility index (Phi) is 3.12. The largest absolute Gasteiger partial charge is 0.435 e. The lowest BCUT2D eigenvalue weighted by atomic mass is 9.85. The fraction of sp³-hybridized carbons (Fsp3) is 0.500. The van der Waals surface area contributed by atoms with Crippen LogP contribution in [0.5, 0.6) is 5.75 Å². The molecule has 108 valence electrons. The molecule has 1 aliphatic heterocycles. The van der Waals surface area contributed by atoms with Gasteiger partial charge in [0.1, 0.15) is 5.75 Å². The van der Waals surface area contributed by atoms with Crippen molar-refractivity contribution in [3.8, 4) is 5.75 Å². The van der Waals surface area contributed by atoms with E-state index in [4.69, 9.17) is 5.73 Å². The van der Waals surface area contributed by atoms with Crippen LogP contribution < -0.4 is 10.5 Å². The molecule has 1 aromatic rings. The third-order valence-corrected chi connectivity index (χ3v) is 3.95. The van der Waals surface area contributed by atoms with Gasteiger partial charge in [0.15, 0.2) is 0 Å². The topological polar surface area (TPSA) is 55.6 Å². The molecule has 0 unspecified atom stereocenters. The number of nitrogens with zero attached hydrogens (tertiary/aromatic N) is 1. The van der Waals surface area contributed by atoms with Crippen LogP contribution in [0.1, 0.15) is 23.2 Å². The summed E-state index contributed by atoms with van der Waals surface area (Å²) in [5.41, 5.74) is 6.30. The fourth-order valence-electron chi connectivity index (χ4n) is 2.71. The summed E-state index contributed by atoms with van der Waals surface area (Å²) in [6.45, 7) is -1.82. The summed E-state index contributed by atoms with van der Waals surface area (Å²) in [5.74, 6) is 0.332. The van der Waals surface area contributed by atoms with E-state index in [0.29, 0.717) is 24.6 Å². The number of nitrogens with two attached hydrogens (primary N) is 1. The predicted molar refractivity (Wildman–Crippen MR) is 68.6 cm³/mol. The molecule has 1 aliphatic carbocycles. The van der Waals surface area contributed by atoms with Crippen LogP contribution >= 0.6 is 0 Å². The van der Waals surface area contributed by atoms with E-state index in [1.165, 1.54) is 18.2 Å². The molecule has 1 aromatic carbocycles. The summed E-state index contributed by atoms with van der Waals surface area (Å²) in [4.78, 5) is 13.9. The van der Waals surface area contributed by atoms with Gasteiger partial charge >= 0.3 is 6.61 Å². The number of benzene rings is 1. The van der Waals surface area contributed by atoms with Crippen LogP contribution in [0.2, 0.25) is 0 Å². The van der Waals surface area contributed by atoms with Crippen LogP contribution in [0, 0.1) is 5.92 Å². The van der Waals surface area contributed by atoms with Crippen molar-refractivity contribution >= 4 is 5.91 Å². The SMILES string of the molecule is NC1(C2CC2)CN(C(=O)c2cccc(OC(F)F)c2)C1. The van der Waals surface area contributed by atoms with Gasteiger partial charge < -0.3 is 15.4 Å². The molecule has 0 spiro atoms. The first-order valence-corrected chi connectivity index (χ1v) is 6.61. The van der Waals surface area contributed by atoms with Gasteiger partial charge in [0.2, 0.25) is 0 Å². The number of likely N-dealkylation sites (tertiary alicyclic amines) is 1. The van der Waals surface area contributed by atoms with E-state index in [-0.39, 0.29) is 17.2 Å². The van der Waals surface area contributed by atoms with Gasteiger partial charge in [-0.15, -0.1) is 0 Å². The van der Waals surface area contributed by atoms with E-state index in [9.17, 15) is 13.6 Å². The Balaban J connectivity index is 1.66. The minimum absolute atomic E-state index is 0.00687. The number of amides is 1. The Labute approximate surface area is 115 Å². The molecule has 1 saturated carbocycles. The minimum atomic E-state index is -2.89. The average Bonchev–Trinajstić information content (AvgIpc) is 3.18. The van der Waals surface area contributed by atoms with Gasteiger partial charge in [0.05, 0.1) is 5.54 Å². The third-order valence-electron chi connectivity index (χ3n) is 3.95. The number of hydrogen-bond donors (Lipinski definition) is 1. The monoisotopic (exact) mass is 282 g/mol. The van der Waals surface area contributed by atoms with Crippen LogP contribution in [0.3, 0.4) is 0 Å². The number of hydrogen-bond acceptors (Lipinski definition) is 3. The van der Waals surface area contributed by atoms with Gasteiger partial charge in [-0.3, -0.25) is 4.79 Å². The first-order chi connectivity index (χ1) is 9.48. The maximum absolute atomic E-state index is 12.2. The summed E-state index contributed by atoms with van der Waals surface area (Å²) in [5, 5.41) is 0. The predicted octanol–water partition coefficient (Wildman–Crippen LogP) is 1.85. The van der Waals surface area contributed by atoms with Crippen molar-refractivity contribution in [3.05, 3.63) is 29.8 Å². The first-order valence-electron chi connectivity index (χ1n) is 6.61. The third kappa shape index (κ3) is 2.47. The molecule has 20 heavy (non-hydrogen) atoms. The van der Waals surface area contributed by atoms with Crippen molar-refractivity contribution < 1.29 is 18.3 Å². The number of ether oxygens (including phenoxy) is 1. The molecule has 0 bridgehead atoms. The van der Waals surface area contributed by atoms with Crippen molar-refractivity contribution in [3.63, 3.8) is 0 Å². The smallest absolute Gasteiger partial charge is 0.387 e. The van der Waals surface area contributed by atoms with Gasteiger partial charge in [0, 0.05) is 18.7 Å². The maximum Gasteiger partial charge on any atom is 0.387 e. The van der Waals surface area contributed by atoms with E-state index in [0.717, 1.165) is 12.8 Å². The van der Waals surface area contributed by atoms with Crippen LogP contribution in [-0.2, 0) is 0 Å². The molecule has 1 amide bonds. The zero-order chi connectivity index (χ0) is 14.3. The normalized spacial score (nSPS) is 20.7. The lowest BCUT2D eigenvalue weighted by Gasteiger charge is -2.48. The van der Waals surface area contributed by atoms with Crippen molar-refractivity contribution in [2.24, 2.45) is 11.7 Å². The van der Waals surface area contributed by atoms with Crippen LogP contribution in [0.4, 0.5) is 8.78 Å². The molecule has 1 saturated heterocycles. The first kappa shape index (κ1) is 13.3. The Morgan fingerprint density at radius 1 is 1.40 bits per heavy atom. The lowest BCUT2D eigenvalue weighted by Crippen LogP contribution is -2.69. The highest BCUT2D eigenvalue weighted by Gasteiger charge is 2.51. The van der Waals surface area contributed by atoms with E-state index >= 15 is 0 Å². The summed E-state index contributed by atoms with van der Waals surface area (Å²) < 4.78 is 28.6. The van der Waals surface area contributed by atoms with Crippen molar-refractivity contribution in [2.45, 2.75) is 25.0 Å². The second-order valence-electron chi connectivity index (χ2n) is 5.57. The quantitative estimate of drug-likeness (QED) is 0.917. The highest BCUT2D eigenvalue weighted by atomic mass is 19.3. The standard InChI is InChI=1S/C14H16F2N2O2/c15-13(16)20-11-3-1-2-9(6-11)12(19)18-7-14(17,8-18)10-4-5-10/h1-3,6,10,13H,4-5,7-8,17H2. The van der Waals surface area contributed by atoms with E-state index in [2.05, 4.69) is 4.74 Å². The van der Waals surface area contributed by atoms with Gasteiger partial charge in [-0.05, 0) is 37.0 Å². The van der Waals surface area contributed by atoms with Crippen molar-refractivity contribution in [1.82, 2.24) is 4.90 Å². The molecule has 2 aliphatic rings. The van der Waals surface area contributed by atoms with Crippen molar-refractivity contribution in [2.75, 3.05) is 13.1 Å². The van der Waals surface area contributed by atoms with Gasteiger partial charge in [-0.25, -0.2) is 0 Å². The van der Waals surface area contributed by atoms with E-state index < -0.39 is 6.61 Å². The number of alkyl halides is 2. The Bertz CT molecular complexity index is 526. The molecule has 6 heteroatoms. The number of halogens is 2. The van der Waals surface area contributed by atoms with Crippen LogP contribution in [0.25, 0.3) is 0 Å². The molecule has 1 heterocycles. The minimum Gasteiger partial charge on any atom is -0.435 e. The molecule has 0 aromatic heterocycles. The second-order valence-corrected chi connectivity index (χ2v) is 5.57. The molecule has 2 N–H and O–H groups in total. The molecule has 0 radical (unpaired) electrons.